The van der Waals surface area contributed by atoms with E-state index in [-0.39, 0.29) is 22.1 Å². The Bertz CT molecular complexity index is 1090. The molecule has 0 aliphatic heterocycles. The third kappa shape index (κ3) is 5.09. The second-order valence-corrected chi connectivity index (χ2v) is 7.43. The molecule has 0 saturated carbocycles. The SMILES string of the molecule is O=C(Nc1ncc(Cc2cccc(C(F)(F)F)c2)s1)c1ccc(Cl)cc1[N+](=O)[O-]. The molecule has 0 aliphatic carbocycles. The summed E-state index contributed by atoms with van der Waals surface area (Å²) in [6.45, 7) is 0. The van der Waals surface area contributed by atoms with Crippen molar-refractivity contribution < 1.29 is 22.9 Å². The molecule has 3 aromatic rings. The van der Waals surface area contributed by atoms with Gasteiger partial charge in [-0.2, -0.15) is 13.2 Å². The molecule has 0 saturated heterocycles. The molecular weight excluding hydrogens is 431 g/mol. The molecule has 0 aliphatic rings. The van der Waals surface area contributed by atoms with Crippen molar-refractivity contribution >= 4 is 39.7 Å². The summed E-state index contributed by atoms with van der Waals surface area (Å²) in [6, 6.07) is 8.57. The normalized spacial score (nSPS) is 11.3. The number of halogens is 4. The van der Waals surface area contributed by atoms with Crippen LogP contribution >= 0.6 is 22.9 Å². The van der Waals surface area contributed by atoms with Crippen molar-refractivity contribution in [2.45, 2.75) is 12.6 Å². The molecule has 1 amide bonds. The first-order valence-corrected chi connectivity index (χ1v) is 9.19. The van der Waals surface area contributed by atoms with Crippen molar-refractivity contribution in [2.75, 3.05) is 5.32 Å². The highest BCUT2D eigenvalue weighted by Crippen LogP contribution is 2.31. The smallest absolute Gasteiger partial charge is 0.298 e. The van der Waals surface area contributed by atoms with E-state index in [9.17, 15) is 28.1 Å². The fraction of sp³-hybridized carbons (Fsp3) is 0.111. The van der Waals surface area contributed by atoms with Crippen molar-refractivity contribution in [1.82, 2.24) is 4.98 Å². The summed E-state index contributed by atoms with van der Waals surface area (Å²) in [5.41, 5.74) is -0.942. The van der Waals surface area contributed by atoms with Crippen LogP contribution in [0.4, 0.5) is 24.0 Å². The predicted octanol–water partition coefficient (Wildman–Crippen LogP) is 5.57. The van der Waals surface area contributed by atoms with E-state index in [2.05, 4.69) is 10.3 Å². The first-order valence-electron chi connectivity index (χ1n) is 7.99. The Hall–Kier alpha value is -2.98. The summed E-state index contributed by atoms with van der Waals surface area (Å²) >= 11 is 6.79. The van der Waals surface area contributed by atoms with E-state index in [1.54, 1.807) is 6.07 Å². The molecule has 1 aromatic heterocycles. The number of hydrogen-bond acceptors (Lipinski definition) is 5. The number of aromatic nitrogens is 1. The standard InChI is InChI=1S/C18H11ClF3N3O3S/c19-12-4-5-14(15(8-12)25(27)28)16(26)24-17-23-9-13(29-17)7-10-2-1-3-11(6-10)18(20,21)22/h1-6,8-9H,7H2,(H,23,24,26). The number of hydrogen-bond donors (Lipinski definition) is 1. The molecular formula is C18H11ClF3N3O3S. The monoisotopic (exact) mass is 441 g/mol. The Labute approximate surface area is 171 Å². The number of nitrogens with zero attached hydrogens (tertiary/aromatic N) is 2. The van der Waals surface area contributed by atoms with E-state index in [0.717, 1.165) is 29.5 Å². The van der Waals surface area contributed by atoms with Gasteiger partial charge in [0, 0.05) is 28.6 Å². The molecule has 29 heavy (non-hydrogen) atoms. The molecule has 2 aromatic carbocycles. The number of alkyl halides is 3. The minimum Gasteiger partial charge on any atom is -0.298 e. The maximum atomic E-state index is 12.8. The van der Waals surface area contributed by atoms with Crippen LogP contribution < -0.4 is 5.32 Å². The maximum Gasteiger partial charge on any atom is 0.416 e. The third-order valence-corrected chi connectivity index (χ3v) is 4.96. The minimum atomic E-state index is -4.43. The lowest BCUT2D eigenvalue weighted by Crippen LogP contribution is -2.13. The van der Waals surface area contributed by atoms with Crippen LogP contribution in [0.1, 0.15) is 26.4 Å². The lowest BCUT2D eigenvalue weighted by molar-refractivity contribution is -0.385. The largest absolute Gasteiger partial charge is 0.416 e. The Kier molecular flexibility index (Phi) is 5.85. The number of nitro benzene ring substituents is 1. The van der Waals surface area contributed by atoms with Gasteiger partial charge in [-0.05, 0) is 23.8 Å². The van der Waals surface area contributed by atoms with Crippen molar-refractivity contribution in [2.24, 2.45) is 0 Å². The highest BCUT2D eigenvalue weighted by atomic mass is 35.5. The van der Waals surface area contributed by atoms with Crippen LogP contribution in [0.5, 0.6) is 0 Å². The van der Waals surface area contributed by atoms with E-state index in [1.807, 2.05) is 0 Å². The molecule has 6 nitrogen and oxygen atoms in total. The van der Waals surface area contributed by atoms with Crippen LogP contribution in [0.2, 0.25) is 5.02 Å². The average Bonchev–Trinajstić information content (AvgIpc) is 3.07. The van der Waals surface area contributed by atoms with Gasteiger partial charge < -0.3 is 0 Å². The molecule has 0 unspecified atom stereocenters. The fourth-order valence-corrected chi connectivity index (χ4v) is 3.53. The van der Waals surface area contributed by atoms with Crippen molar-refractivity contribution in [3.8, 4) is 0 Å². The van der Waals surface area contributed by atoms with Crippen molar-refractivity contribution in [1.29, 1.82) is 0 Å². The Morgan fingerprint density at radius 2 is 2.00 bits per heavy atom. The number of benzene rings is 2. The summed E-state index contributed by atoms with van der Waals surface area (Å²) in [5, 5.41) is 13.9. The van der Waals surface area contributed by atoms with Gasteiger partial charge in [0.25, 0.3) is 11.6 Å². The lowest BCUT2D eigenvalue weighted by Gasteiger charge is -2.07. The Morgan fingerprint density at radius 3 is 2.69 bits per heavy atom. The highest BCUT2D eigenvalue weighted by molar-refractivity contribution is 7.15. The maximum absolute atomic E-state index is 12.8. The number of rotatable bonds is 5. The Morgan fingerprint density at radius 1 is 1.24 bits per heavy atom. The van der Waals surface area contributed by atoms with Gasteiger partial charge in [-0.25, -0.2) is 4.98 Å². The van der Waals surface area contributed by atoms with Gasteiger partial charge >= 0.3 is 6.18 Å². The summed E-state index contributed by atoms with van der Waals surface area (Å²) in [5.74, 6) is -0.742. The lowest BCUT2D eigenvalue weighted by atomic mass is 10.1. The van der Waals surface area contributed by atoms with Crippen molar-refractivity contribution in [3.05, 3.63) is 85.4 Å². The van der Waals surface area contributed by atoms with Gasteiger partial charge in [-0.1, -0.05) is 29.8 Å². The number of carbonyl (C=O) groups is 1. The van der Waals surface area contributed by atoms with Gasteiger partial charge in [-0.15, -0.1) is 11.3 Å². The zero-order valence-corrected chi connectivity index (χ0v) is 15.9. The number of thiazole rings is 1. The van der Waals surface area contributed by atoms with Crippen LogP contribution in [0, 0.1) is 10.1 Å². The molecule has 1 N–H and O–H groups in total. The van der Waals surface area contributed by atoms with E-state index in [4.69, 9.17) is 11.6 Å². The molecule has 1 heterocycles. The van der Waals surface area contributed by atoms with Gasteiger partial charge in [0.2, 0.25) is 0 Å². The van der Waals surface area contributed by atoms with Gasteiger partial charge in [0.05, 0.1) is 10.5 Å². The molecule has 0 spiro atoms. The van der Waals surface area contributed by atoms with Crippen LogP contribution in [-0.2, 0) is 12.6 Å². The summed E-state index contributed by atoms with van der Waals surface area (Å²) in [6.07, 6.45) is -2.81. The average molecular weight is 442 g/mol. The molecule has 0 radical (unpaired) electrons. The first-order chi connectivity index (χ1) is 13.6. The van der Waals surface area contributed by atoms with Gasteiger partial charge in [-0.3, -0.25) is 20.2 Å². The zero-order valence-electron chi connectivity index (χ0n) is 14.4. The Balaban J connectivity index is 1.75. The van der Waals surface area contributed by atoms with E-state index < -0.39 is 28.3 Å². The number of nitrogens with one attached hydrogen (secondary N) is 1. The van der Waals surface area contributed by atoms with Crippen LogP contribution in [0.25, 0.3) is 0 Å². The molecule has 0 atom stereocenters. The summed E-state index contributed by atoms with van der Waals surface area (Å²) in [7, 11) is 0. The van der Waals surface area contributed by atoms with Gasteiger partial charge in [0.1, 0.15) is 5.56 Å². The molecule has 11 heteroatoms. The summed E-state index contributed by atoms with van der Waals surface area (Å²) < 4.78 is 38.4. The van der Waals surface area contributed by atoms with E-state index in [0.29, 0.717) is 10.4 Å². The topological polar surface area (TPSA) is 85.1 Å². The second-order valence-electron chi connectivity index (χ2n) is 5.88. The van der Waals surface area contributed by atoms with Gasteiger partial charge in [0.15, 0.2) is 5.13 Å². The van der Waals surface area contributed by atoms with Crippen LogP contribution in [0.15, 0.2) is 48.7 Å². The molecule has 150 valence electrons. The molecule has 0 bridgehead atoms. The van der Waals surface area contributed by atoms with Crippen LogP contribution in [0.3, 0.4) is 0 Å². The second kappa shape index (κ2) is 8.18. The number of amides is 1. The zero-order chi connectivity index (χ0) is 21.2. The van der Waals surface area contributed by atoms with Crippen molar-refractivity contribution in [3.63, 3.8) is 0 Å². The van der Waals surface area contributed by atoms with Crippen LogP contribution in [-0.4, -0.2) is 15.8 Å². The quantitative estimate of drug-likeness (QED) is 0.414. The highest BCUT2D eigenvalue weighted by Gasteiger charge is 2.30. The molecule has 0 fully saturated rings. The number of nitro groups is 1. The summed E-state index contributed by atoms with van der Waals surface area (Å²) in [4.78, 5) is 27.4. The number of anilines is 1. The first kappa shape index (κ1) is 20.7. The molecule has 3 rings (SSSR count). The minimum absolute atomic E-state index is 0.117. The fourth-order valence-electron chi connectivity index (χ4n) is 2.52. The van der Waals surface area contributed by atoms with E-state index >= 15 is 0 Å². The number of carbonyl (C=O) groups excluding carboxylic acids is 1. The third-order valence-electron chi connectivity index (χ3n) is 3.81. The predicted molar refractivity (Wildman–Crippen MR) is 102 cm³/mol. The van der Waals surface area contributed by atoms with E-state index in [1.165, 1.54) is 24.4 Å².